The van der Waals surface area contributed by atoms with Crippen LogP contribution in [0.4, 0.5) is 0 Å². The lowest BCUT2D eigenvalue weighted by atomic mass is 9.84. The predicted octanol–water partition coefficient (Wildman–Crippen LogP) is 5.67. The van der Waals surface area contributed by atoms with Gasteiger partial charge in [-0.2, -0.15) is 0 Å². The summed E-state index contributed by atoms with van der Waals surface area (Å²) in [6.45, 7) is 2.24. The highest BCUT2D eigenvalue weighted by Gasteiger charge is 2.21. The molecule has 1 N–H and O–H groups in total. The Morgan fingerprint density at radius 1 is 1.27 bits per heavy atom. The highest BCUT2D eigenvalue weighted by atomic mass is 35.5. The van der Waals surface area contributed by atoms with Crippen molar-refractivity contribution in [1.82, 2.24) is 10.3 Å². The van der Waals surface area contributed by atoms with Crippen LogP contribution in [0.25, 0.3) is 11.3 Å². The smallest absolute Gasteiger partial charge is 0.220 e. The van der Waals surface area contributed by atoms with Crippen molar-refractivity contribution in [2.24, 2.45) is 5.92 Å². The van der Waals surface area contributed by atoms with Crippen molar-refractivity contribution in [3.05, 3.63) is 40.3 Å². The predicted molar refractivity (Wildman–Crippen MR) is 104 cm³/mol. The molecule has 1 amide bonds. The molecule has 0 atom stereocenters. The molecule has 1 aromatic carbocycles. The third-order valence-electron chi connectivity index (χ3n) is 5.11. The van der Waals surface area contributed by atoms with Gasteiger partial charge in [-0.3, -0.25) is 4.79 Å². The molecule has 140 valence electrons. The van der Waals surface area contributed by atoms with E-state index in [0.29, 0.717) is 40.6 Å². The number of oxazole rings is 1. The van der Waals surface area contributed by atoms with Gasteiger partial charge in [0.2, 0.25) is 5.91 Å². The van der Waals surface area contributed by atoms with E-state index in [1.54, 1.807) is 24.4 Å². The van der Waals surface area contributed by atoms with Crippen LogP contribution in [0.2, 0.25) is 10.0 Å². The highest BCUT2D eigenvalue weighted by molar-refractivity contribution is 6.36. The quantitative estimate of drug-likeness (QED) is 0.686. The Morgan fingerprint density at radius 3 is 2.73 bits per heavy atom. The lowest BCUT2D eigenvalue weighted by Gasteiger charge is -2.28. The first-order valence-electron chi connectivity index (χ1n) is 9.24. The molecule has 6 heteroatoms. The molecule has 1 saturated carbocycles. The van der Waals surface area contributed by atoms with Crippen LogP contribution in [0.5, 0.6) is 0 Å². The van der Waals surface area contributed by atoms with Crippen LogP contribution < -0.4 is 5.32 Å². The van der Waals surface area contributed by atoms with E-state index in [1.165, 1.54) is 19.3 Å². The maximum absolute atomic E-state index is 12.2. The zero-order chi connectivity index (χ0) is 18.5. The molecule has 1 heterocycles. The molecule has 1 fully saturated rings. The number of halogens is 2. The summed E-state index contributed by atoms with van der Waals surface area (Å²) < 4.78 is 5.74. The average Bonchev–Trinajstić information content (AvgIpc) is 3.09. The fourth-order valence-electron chi connectivity index (χ4n) is 3.47. The Labute approximate surface area is 164 Å². The molecule has 4 nitrogen and oxygen atoms in total. The Hall–Kier alpha value is -1.52. The molecule has 0 aliphatic heterocycles. The molecule has 0 unspecified atom stereocenters. The first kappa shape index (κ1) is 19.2. The number of nitrogens with zero attached hydrogens (tertiary/aromatic N) is 1. The summed E-state index contributed by atoms with van der Waals surface area (Å²) in [6.07, 6.45) is 8.33. The minimum absolute atomic E-state index is 0.0641. The van der Waals surface area contributed by atoms with Gasteiger partial charge in [0.15, 0.2) is 11.7 Å². The largest absolute Gasteiger partial charge is 0.441 e. The molecule has 0 radical (unpaired) electrons. The van der Waals surface area contributed by atoms with Gasteiger partial charge in [0.1, 0.15) is 0 Å². The Bertz CT molecular complexity index is 752. The first-order chi connectivity index (χ1) is 12.5. The molecule has 0 saturated heterocycles. The molecule has 3 rings (SSSR count). The van der Waals surface area contributed by atoms with Gasteiger partial charge in [0.05, 0.1) is 11.2 Å². The minimum Gasteiger partial charge on any atom is -0.441 e. The van der Waals surface area contributed by atoms with Gasteiger partial charge in [0, 0.05) is 29.5 Å². The first-order valence-corrected chi connectivity index (χ1v) is 10.00. The molecule has 0 spiro atoms. The maximum Gasteiger partial charge on any atom is 0.220 e. The van der Waals surface area contributed by atoms with Gasteiger partial charge in [-0.1, -0.05) is 36.5 Å². The van der Waals surface area contributed by atoms with Gasteiger partial charge in [-0.15, -0.1) is 0 Å². The van der Waals surface area contributed by atoms with Crippen molar-refractivity contribution in [2.75, 3.05) is 0 Å². The van der Waals surface area contributed by atoms with Gasteiger partial charge >= 0.3 is 0 Å². The number of aryl methyl sites for hydroxylation is 1. The third-order valence-corrected chi connectivity index (χ3v) is 5.65. The maximum atomic E-state index is 12.2. The van der Waals surface area contributed by atoms with E-state index in [4.69, 9.17) is 27.6 Å². The summed E-state index contributed by atoms with van der Waals surface area (Å²) in [7, 11) is 0. The molecule has 26 heavy (non-hydrogen) atoms. The molecule has 1 aromatic heterocycles. The second kappa shape index (κ2) is 8.92. The van der Waals surface area contributed by atoms with Crippen LogP contribution in [0.1, 0.15) is 51.3 Å². The number of amides is 1. The van der Waals surface area contributed by atoms with Crippen LogP contribution in [0, 0.1) is 5.92 Å². The van der Waals surface area contributed by atoms with E-state index < -0.39 is 0 Å². The number of benzene rings is 1. The third kappa shape index (κ3) is 5.01. The fraction of sp³-hybridized carbons (Fsp3) is 0.500. The van der Waals surface area contributed by atoms with Crippen molar-refractivity contribution in [1.29, 1.82) is 0 Å². The molecule has 1 aliphatic rings. The topological polar surface area (TPSA) is 55.1 Å². The van der Waals surface area contributed by atoms with E-state index >= 15 is 0 Å². The second-order valence-electron chi connectivity index (χ2n) is 6.94. The molecule has 1 aliphatic carbocycles. The number of hydrogen-bond acceptors (Lipinski definition) is 3. The normalized spacial score (nSPS) is 20.1. The van der Waals surface area contributed by atoms with E-state index in [-0.39, 0.29) is 5.91 Å². The zero-order valence-corrected chi connectivity index (χ0v) is 16.4. The van der Waals surface area contributed by atoms with E-state index in [9.17, 15) is 4.79 Å². The molecular formula is C20H24Cl2N2O2. The molecule has 0 bridgehead atoms. The van der Waals surface area contributed by atoms with Gasteiger partial charge < -0.3 is 9.73 Å². The fourth-order valence-corrected chi connectivity index (χ4v) is 3.98. The summed E-state index contributed by atoms with van der Waals surface area (Å²) >= 11 is 12.1. The summed E-state index contributed by atoms with van der Waals surface area (Å²) in [4.78, 5) is 16.4. The van der Waals surface area contributed by atoms with Crippen LogP contribution in [-0.4, -0.2) is 16.9 Å². The van der Waals surface area contributed by atoms with Gasteiger partial charge in [-0.25, -0.2) is 4.98 Å². The van der Waals surface area contributed by atoms with Crippen LogP contribution in [-0.2, 0) is 11.2 Å². The number of carbonyl (C=O) groups excluding carboxylic acids is 1. The highest BCUT2D eigenvalue weighted by Crippen LogP contribution is 2.31. The van der Waals surface area contributed by atoms with Crippen LogP contribution in [0.3, 0.4) is 0 Å². The number of nitrogens with one attached hydrogen (secondary N) is 1. The average molecular weight is 395 g/mol. The second-order valence-corrected chi connectivity index (χ2v) is 7.78. The van der Waals surface area contributed by atoms with Gasteiger partial charge in [0.25, 0.3) is 0 Å². The SMILES string of the molecule is CCC1CCC(NC(=O)CCc2ncc(-c3ccc(Cl)cc3Cl)o2)CC1. The number of rotatable bonds is 6. The Kier molecular flexibility index (Phi) is 6.60. The minimum atomic E-state index is 0.0641. The van der Waals surface area contributed by atoms with Crippen LogP contribution in [0.15, 0.2) is 28.8 Å². The lowest BCUT2D eigenvalue weighted by Crippen LogP contribution is -2.37. The molecular weight excluding hydrogens is 371 g/mol. The number of aromatic nitrogens is 1. The van der Waals surface area contributed by atoms with Crippen molar-refractivity contribution in [3.8, 4) is 11.3 Å². The number of carbonyl (C=O) groups is 1. The van der Waals surface area contributed by atoms with Crippen molar-refractivity contribution < 1.29 is 9.21 Å². The standard InChI is InChI=1S/C20H24Cl2N2O2/c1-2-13-3-6-15(7-4-13)24-19(25)9-10-20-23-12-18(26-20)16-8-5-14(21)11-17(16)22/h5,8,11-13,15H,2-4,6-7,9-10H2,1H3,(H,24,25). The van der Waals surface area contributed by atoms with Gasteiger partial charge in [-0.05, 0) is 49.8 Å². The van der Waals surface area contributed by atoms with E-state index in [1.807, 2.05) is 0 Å². The van der Waals surface area contributed by atoms with Crippen LogP contribution >= 0.6 is 23.2 Å². The van der Waals surface area contributed by atoms with E-state index in [2.05, 4.69) is 17.2 Å². The Morgan fingerprint density at radius 2 is 2.04 bits per heavy atom. The summed E-state index contributed by atoms with van der Waals surface area (Å²) in [6, 6.07) is 5.54. The van der Waals surface area contributed by atoms with Crippen molar-refractivity contribution in [3.63, 3.8) is 0 Å². The lowest BCUT2D eigenvalue weighted by molar-refractivity contribution is -0.122. The molecule has 2 aromatic rings. The monoisotopic (exact) mass is 394 g/mol. The van der Waals surface area contributed by atoms with Crippen molar-refractivity contribution in [2.45, 2.75) is 57.9 Å². The summed E-state index contributed by atoms with van der Waals surface area (Å²) in [5, 5.41) is 4.23. The Balaban J connectivity index is 1.49. The van der Waals surface area contributed by atoms with E-state index in [0.717, 1.165) is 24.3 Å². The summed E-state index contributed by atoms with van der Waals surface area (Å²) in [5.74, 6) is 2.01. The summed E-state index contributed by atoms with van der Waals surface area (Å²) in [5.41, 5.74) is 0.743. The zero-order valence-electron chi connectivity index (χ0n) is 14.9. The number of hydrogen-bond donors (Lipinski definition) is 1. The van der Waals surface area contributed by atoms with Crippen molar-refractivity contribution >= 4 is 29.1 Å².